The summed E-state index contributed by atoms with van der Waals surface area (Å²) < 4.78 is 10.2. The number of phenolic OH excluding ortho intramolecular Hbond substituents is 3. The fourth-order valence-corrected chi connectivity index (χ4v) is 2.78. The van der Waals surface area contributed by atoms with Crippen LogP contribution in [0.25, 0.3) is 21.9 Å². The van der Waals surface area contributed by atoms with E-state index in [0.717, 1.165) is 0 Å². The molecule has 0 saturated heterocycles. The smallest absolute Gasteiger partial charge is 0.161 e. The van der Waals surface area contributed by atoms with Crippen LogP contribution in [0.1, 0.15) is 10.4 Å². The minimum absolute atomic E-state index is 0.0190. The van der Waals surface area contributed by atoms with Gasteiger partial charge in [-0.05, 0) is 46.8 Å². The van der Waals surface area contributed by atoms with E-state index in [0.29, 0.717) is 28.2 Å². The lowest BCUT2D eigenvalue weighted by Crippen LogP contribution is -1.92. The van der Waals surface area contributed by atoms with Crippen molar-refractivity contribution >= 4 is 17.1 Å². The van der Waals surface area contributed by atoms with Crippen LogP contribution < -0.4 is 9.47 Å². The van der Waals surface area contributed by atoms with Gasteiger partial charge in [0.05, 0.1) is 19.8 Å². The van der Waals surface area contributed by atoms with Crippen molar-refractivity contribution in [3.05, 3.63) is 42.0 Å². The molecule has 0 bridgehead atoms. The predicted octanol–water partition coefficient (Wildman–Crippen LogP) is 3.45. The fourth-order valence-electron chi connectivity index (χ4n) is 2.78. The van der Waals surface area contributed by atoms with Crippen molar-refractivity contribution in [3.8, 4) is 39.9 Å². The Morgan fingerprint density at radius 2 is 1.52 bits per heavy atom. The molecule has 0 aliphatic carbocycles. The van der Waals surface area contributed by atoms with Crippen molar-refractivity contribution < 1.29 is 29.6 Å². The highest BCUT2D eigenvalue weighted by molar-refractivity contribution is 6.06. The van der Waals surface area contributed by atoms with E-state index in [4.69, 9.17) is 9.47 Å². The van der Waals surface area contributed by atoms with Crippen LogP contribution in [0.15, 0.2) is 36.4 Å². The van der Waals surface area contributed by atoms with Crippen LogP contribution >= 0.6 is 0 Å². The third kappa shape index (κ3) is 2.67. The highest BCUT2D eigenvalue weighted by Crippen LogP contribution is 2.43. The summed E-state index contributed by atoms with van der Waals surface area (Å²) in [5.41, 5.74) is 1.33. The molecule has 0 aliphatic heterocycles. The third-order valence-corrected chi connectivity index (χ3v) is 4.06. The number of carbonyl (C=O) groups is 1. The molecule has 0 unspecified atom stereocenters. The number of carbonyl (C=O) groups excluding carboxylic acids is 1. The van der Waals surface area contributed by atoms with E-state index < -0.39 is 0 Å². The number of fused-ring (bicyclic) bond motifs is 1. The van der Waals surface area contributed by atoms with Crippen molar-refractivity contribution in [2.75, 3.05) is 14.2 Å². The second kappa shape index (κ2) is 6.24. The van der Waals surface area contributed by atoms with E-state index in [2.05, 4.69) is 0 Å². The summed E-state index contributed by atoms with van der Waals surface area (Å²) in [5, 5.41) is 31.1. The minimum atomic E-state index is -0.196. The summed E-state index contributed by atoms with van der Waals surface area (Å²) in [6.07, 6.45) is 0.551. The summed E-state index contributed by atoms with van der Waals surface area (Å²) >= 11 is 0. The maximum Gasteiger partial charge on any atom is 0.161 e. The van der Waals surface area contributed by atoms with Crippen LogP contribution in [-0.4, -0.2) is 35.8 Å². The highest BCUT2D eigenvalue weighted by Gasteiger charge is 2.17. The van der Waals surface area contributed by atoms with Gasteiger partial charge in [-0.1, -0.05) is 6.07 Å². The van der Waals surface area contributed by atoms with Gasteiger partial charge in [-0.2, -0.15) is 0 Å². The number of benzene rings is 3. The molecule has 0 atom stereocenters. The van der Waals surface area contributed by atoms with Crippen LogP contribution in [0.5, 0.6) is 28.7 Å². The lowest BCUT2D eigenvalue weighted by atomic mass is 9.94. The van der Waals surface area contributed by atoms with Gasteiger partial charge in [0.15, 0.2) is 29.3 Å². The Kier molecular flexibility index (Phi) is 4.10. The molecule has 0 saturated carbocycles. The van der Waals surface area contributed by atoms with Crippen LogP contribution in [0, 0.1) is 0 Å². The average Bonchev–Trinajstić information content (AvgIpc) is 2.62. The number of hydrogen-bond acceptors (Lipinski definition) is 6. The molecular weight excluding hydrogens is 324 g/mol. The molecule has 3 N–H and O–H groups in total. The van der Waals surface area contributed by atoms with Crippen LogP contribution in [0.2, 0.25) is 0 Å². The molecule has 0 spiro atoms. The molecule has 0 radical (unpaired) electrons. The maximum absolute atomic E-state index is 11.3. The molecule has 25 heavy (non-hydrogen) atoms. The van der Waals surface area contributed by atoms with Crippen LogP contribution in [0.4, 0.5) is 0 Å². The van der Waals surface area contributed by atoms with Crippen LogP contribution in [-0.2, 0) is 0 Å². The zero-order valence-electron chi connectivity index (χ0n) is 13.6. The van der Waals surface area contributed by atoms with Gasteiger partial charge < -0.3 is 24.8 Å². The first kappa shape index (κ1) is 16.4. The molecule has 3 aromatic rings. The first-order chi connectivity index (χ1) is 12.0. The summed E-state index contributed by atoms with van der Waals surface area (Å²) in [4.78, 5) is 11.3. The lowest BCUT2D eigenvalue weighted by Gasteiger charge is -2.14. The Balaban J connectivity index is 2.40. The standard InChI is InChI=1S/C19H16O6/c1-24-17-6-10(3-4-15(17)21)12-5-11(9-20)19(23)14-8-18(25-2)16(22)7-13(12)14/h3-9,21-23H,1-2H3. The monoisotopic (exact) mass is 340 g/mol. The number of rotatable bonds is 4. The molecule has 3 rings (SSSR count). The maximum atomic E-state index is 11.3. The Labute approximate surface area is 143 Å². The molecule has 6 nitrogen and oxygen atoms in total. The number of aromatic hydroxyl groups is 3. The second-order valence-electron chi connectivity index (χ2n) is 5.44. The van der Waals surface area contributed by atoms with Gasteiger partial charge in [-0.3, -0.25) is 4.79 Å². The normalized spacial score (nSPS) is 10.6. The molecular formula is C19H16O6. The molecule has 0 fully saturated rings. The van der Waals surface area contributed by atoms with Gasteiger partial charge in [-0.25, -0.2) is 0 Å². The molecule has 0 aliphatic rings. The number of ether oxygens (including phenoxy) is 2. The molecule has 128 valence electrons. The van der Waals surface area contributed by atoms with E-state index in [1.54, 1.807) is 12.1 Å². The Bertz CT molecular complexity index is 978. The zero-order chi connectivity index (χ0) is 18.1. The molecule has 6 heteroatoms. The zero-order valence-corrected chi connectivity index (χ0v) is 13.6. The first-order valence-corrected chi connectivity index (χ1v) is 7.39. The number of aldehydes is 1. The van der Waals surface area contributed by atoms with Crippen LogP contribution in [0.3, 0.4) is 0 Å². The van der Waals surface area contributed by atoms with Gasteiger partial charge in [0.2, 0.25) is 0 Å². The molecule has 0 amide bonds. The molecule has 3 aromatic carbocycles. The number of phenols is 3. The van der Waals surface area contributed by atoms with Crippen molar-refractivity contribution in [3.63, 3.8) is 0 Å². The van der Waals surface area contributed by atoms with Gasteiger partial charge in [0, 0.05) is 5.39 Å². The average molecular weight is 340 g/mol. The SMILES string of the molecule is COc1cc(-c2cc(C=O)c(O)c3cc(OC)c(O)cc23)ccc1O. The van der Waals surface area contributed by atoms with Gasteiger partial charge in [0.25, 0.3) is 0 Å². The second-order valence-corrected chi connectivity index (χ2v) is 5.44. The van der Waals surface area contributed by atoms with E-state index in [9.17, 15) is 20.1 Å². The minimum Gasteiger partial charge on any atom is -0.507 e. The summed E-state index contributed by atoms with van der Waals surface area (Å²) in [7, 11) is 2.83. The summed E-state index contributed by atoms with van der Waals surface area (Å²) in [6, 6.07) is 9.17. The largest absolute Gasteiger partial charge is 0.507 e. The Hall–Kier alpha value is -3.41. The fraction of sp³-hybridized carbons (Fsp3) is 0.105. The lowest BCUT2D eigenvalue weighted by molar-refractivity contribution is 0.112. The van der Waals surface area contributed by atoms with E-state index >= 15 is 0 Å². The molecule has 0 heterocycles. The van der Waals surface area contributed by atoms with Crippen molar-refractivity contribution in [1.29, 1.82) is 0 Å². The van der Waals surface area contributed by atoms with E-state index in [1.165, 1.54) is 38.5 Å². The van der Waals surface area contributed by atoms with Gasteiger partial charge in [0.1, 0.15) is 5.75 Å². The van der Waals surface area contributed by atoms with Crippen molar-refractivity contribution in [2.24, 2.45) is 0 Å². The number of hydrogen-bond donors (Lipinski definition) is 3. The summed E-state index contributed by atoms with van der Waals surface area (Å²) in [5.74, 6) is 0.136. The topological polar surface area (TPSA) is 96.2 Å². The predicted molar refractivity (Wildman–Crippen MR) is 92.9 cm³/mol. The Morgan fingerprint density at radius 3 is 2.16 bits per heavy atom. The first-order valence-electron chi connectivity index (χ1n) is 7.39. The summed E-state index contributed by atoms with van der Waals surface area (Å²) in [6.45, 7) is 0. The quantitative estimate of drug-likeness (QED) is 0.630. The number of methoxy groups -OCH3 is 2. The molecule has 0 aromatic heterocycles. The third-order valence-electron chi connectivity index (χ3n) is 4.06. The Morgan fingerprint density at radius 1 is 0.840 bits per heavy atom. The van der Waals surface area contributed by atoms with E-state index in [1.807, 2.05) is 0 Å². The van der Waals surface area contributed by atoms with Crippen molar-refractivity contribution in [1.82, 2.24) is 0 Å². The van der Waals surface area contributed by atoms with Gasteiger partial charge >= 0.3 is 0 Å². The van der Waals surface area contributed by atoms with Gasteiger partial charge in [-0.15, -0.1) is 0 Å². The highest BCUT2D eigenvalue weighted by atomic mass is 16.5. The van der Waals surface area contributed by atoms with Crippen molar-refractivity contribution in [2.45, 2.75) is 0 Å². The van der Waals surface area contributed by atoms with E-state index in [-0.39, 0.29) is 34.3 Å².